The van der Waals surface area contributed by atoms with Crippen molar-refractivity contribution in [2.24, 2.45) is 0 Å². The predicted molar refractivity (Wildman–Crippen MR) is 67.1 cm³/mol. The predicted octanol–water partition coefficient (Wildman–Crippen LogP) is 1.36. The summed E-state index contributed by atoms with van der Waals surface area (Å²) < 4.78 is 10.4. The van der Waals surface area contributed by atoms with Gasteiger partial charge in [0.2, 0.25) is 5.91 Å². The lowest BCUT2D eigenvalue weighted by Crippen LogP contribution is -2.47. The fourth-order valence-electron chi connectivity index (χ4n) is 1.84. The highest BCUT2D eigenvalue weighted by atomic mass is 16.6. The first-order valence-electron chi connectivity index (χ1n) is 6.38. The van der Waals surface area contributed by atoms with Gasteiger partial charge in [-0.05, 0) is 27.7 Å². The summed E-state index contributed by atoms with van der Waals surface area (Å²) in [7, 11) is 0. The number of esters is 1. The van der Waals surface area contributed by atoms with Gasteiger partial charge in [-0.3, -0.25) is 9.59 Å². The van der Waals surface area contributed by atoms with Gasteiger partial charge in [0.15, 0.2) is 0 Å². The zero-order valence-corrected chi connectivity index (χ0v) is 11.7. The van der Waals surface area contributed by atoms with Crippen LogP contribution in [0, 0.1) is 0 Å². The maximum absolute atomic E-state index is 11.9. The van der Waals surface area contributed by atoms with Gasteiger partial charge in [-0.15, -0.1) is 0 Å². The molecule has 0 aromatic carbocycles. The summed E-state index contributed by atoms with van der Waals surface area (Å²) in [6, 6.07) is 0.0879. The van der Waals surface area contributed by atoms with Crippen LogP contribution in [0.4, 0.5) is 0 Å². The van der Waals surface area contributed by atoms with E-state index in [2.05, 4.69) is 0 Å². The van der Waals surface area contributed by atoms with Crippen LogP contribution in [0.5, 0.6) is 0 Å². The normalized spacial score (nSPS) is 20.7. The molecule has 5 nitrogen and oxygen atoms in total. The Morgan fingerprint density at radius 3 is 2.56 bits per heavy atom. The third-order valence-corrected chi connectivity index (χ3v) is 2.65. The SMILES string of the molecule is CC1COCCN1C(=O)CCC(=O)OC(C)(C)C. The van der Waals surface area contributed by atoms with Crippen molar-refractivity contribution in [1.29, 1.82) is 0 Å². The molecule has 0 aromatic heterocycles. The Balaban J connectivity index is 2.34. The van der Waals surface area contributed by atoms with Gasteiger partial charge < -0.3 is 14.4 Å². The highest BCUT2D eigenvalue weighted by molar-refractivity contribution is 5.81. The van der Waals surface area contributed by atoms with Gasteiger partial charge in [0, 0.05) is 13.0 Å². The molecule has 0 aliphatic carbocycles. The van der Waals surface area contributed by atoms with Crippen LogP contribution in [-0.2, 0) is 19.1 Å². The zero-order valence-electron chi connectivity index (χ0n) is 11.7. The summed E-state index contributed by atoms with van der Waals surface area (Å²) in [6.07, 6.45) is 0.347. The van der Waals surface area contributed by atoms with Crippen LogP contribution in [0.15, 0.2) is 0 Å². The first-order valence-corrected chi connectivity index (χ1v) is 6.38. The fraction of sp³-hybridized carbons (Fsp3) is 0.846. The second-order valence-electron chi connectivity index (χ2n) is 5.60. The highest BCUT2D eigenvalue weighted by Gasteiger charge is 2.24. The van der Waals surface area contributed by atoms with Crippen LogP contribution >= 0.6 is 0 Å². The summed E-state index contributed by atoms with van der Waals surface area (Å²) >= 11 is 0. The summed E-state index contributed by atoms with van der Waals surface area (Å²) in [5.74, 6) is -0.326. The zero-order chi connectivity index (χ0) is 13.8. The van der Waals surface area contributed by atoms with Gasteiger partial charge >= 0.3 is 5.97 Å². The van der Waals surface area contributed by atoms with E-state index in [1.54, 1.807) is 4.90 Å². The number of morpholine rings is 1. The van der Waals surface area contributed by atoms with Crippen LogP contribution in [0.3, 0.4) is 0 Å². The Hall–Kier alpha value is -1.10. The molecule has 1 atom stereocenters. The molecule has 1 aliphatic heterocycles. The molecule has 0 spiro atoms. The molecule has 0 radical (unpaired) electrons. The Bertz CT molecular complexity index is 309. The van der Waals surface area contributed by atoms with Crippen molar-refractivity contribution in [1.82, 2.24) is 4.90 Å². The minimum Gasteiger partial charge on any atom is -0.460 e. The van der Waals surface area contributed by atoms with Crippen LogP contribution in [-0.4, -0.2) is 48.2 Å². The summed E-state index contributed by atoms with van der Waals surface area (Å²) in [5, 5.41) is 0. The van der Waals surface area contributed by atoms with E-state index in [1.165, 1.54) is 0 Å². The van der Waals surface area contributed by atoms with Gasteiger partial charge in [0.05, 0.1) is 25.7 Å². The number of rotatable bonds is 3. The smallest absolute Gasteiger partial charge is 0.306 e. The maximum atomic E-state index is 11.9. The molecule has 0 N–H and O–H groups in total. The molecule has 18 heavy (non-hydrogen) atoms. The summed E-state index contributed by atoms with van der Waals surface area (Å²) in [5.41, 5.74) is -0.494. The number of amides is 1. The van der Waals surface area contributed by atoms with Gasteiger partial charge in [-0.25, -0.2) is 0 Å². The highest BCUT2D eigenvalue weighted by Crippen LogP contribution is 2.12. The van der Waals surface area contributed by atoms with E-state index in [1.807, 2.05) is 27.7 Å². The second kappa shape index (κ2) is 6.18. The number of nitrogens with zero attached hydrogens (tertiary/aromatic N) is 1. The van der Waals surface area contributed by atoms with Crippen molar-refractivity contribution in [3.8, 4) is 0 Å². The number of carbonyl (C=O) groups is 2. The van der Waals surface area contributed by atoms with Crippen molar-refractivity contribution in [2.45, 2.75) is 52.2 Å². The van der Waals surface area contributed by atoms with Gasteiger partial charge in [-0.1, -0.05) is 0 Å². The molecule has 104 valence electrons. The molecule has 0 aromatic rings. The minimum absolute atomic E-state index is 0.00309. The summed E-state index contributed by atoms with van der Waals surface area (Å²) in [4.78, 5) is 25.2. The van der Waals surface area contributed by atoms with Crippen LogP contribution < -0.4 is 0 Å². The van der Waals surface area contributed by atoms with Gasteiger partial charge in [0.25, 0.3) is 0 Å². The number of ether oxygens (including phenoxy) is 2. The number of carbonyl (C=O) groups excluding carboxylic acids is 2. The topological polar surface area (TPSA) is 55.8 Å². The largest absolute Gasteiger partial charge is 0.460 e. The second-order valence-corrected chi connectivity index (χ2v) is 5.60. The fourth-order valence-corrected chi connectivity index (χ4v) is 1.84. The lowest BCUT2D eigenvalue weighted by Gasteiger charge is -2.33. The van der Waals surface area contributed by atoms with E-state index < -0.39 is 5.60 Å². The number of hydrogen-bond donors (Lipinski definition) is 0. The van der Waals surface area contributed by atoms with Crippen molar-refractivity contribution < 1.29 is 19.1 Å². The number of hydrogen-bond acceptors (Lipinski definition) is 4. The quantitative estimate of drug-likeness (QED) is 0.716. The van der Waals surface area contributed by atoms with E-state index in [0.717, 1.165) is 0 Å². The van der Waals surface area contributed by atoms with Crippen molar-refractivity contribution in [3.63, 3.8) is 0 Å². The molecule has 0 bridgehead atoms. The van der Waals surface area contributed by atoms with E-state index >= 15 is 0 Å². The van der Waals surface area contributed by atoms with E-state index in [9.17, 15) is 9.59 Å². The maximum Gasteiger partial charge on any atom is 0.306 e. The van der Waals surface area contributed by atoms with Gasteiger partial charge in [-0.2, -0.15) is 0 Å². The first kappa shape index (κ1) is 15.0. The third kappa shape index (κ3) is 5.04. The first-order chi connectivity index (χ1) is 8.29. The van der Waals surface area contributed by atoms with Crippen LogP contribution in [0.1, 0.15) is 40.5 Å². The molecular weight excluding hydrogens is 234 g/mol. The molecule has 1 unspecified atom stereocenters. The molecular formula is C13H23NO4. The molecule has 1 aliphatic rings. The van der Waals surface area contributed by atoms with Crippen molar-refractivity contribution in [2.75, 3.05) is 19.8 Å². The standard InChI is InChI=1S/C13H23NO4/c1-10-9-17-8-7-14(10)11(15)5-6-12(16)18-13(2,3)4/h10H,5-9H2,1-4H3. The Morgan fingerprint density at radius 1 is 1.33 bits per heavy atom. The summed E-state index contributed by atoms with van der Waals surface area (Å²) in [6.45, 7) is 9.14. The lowest BCUT2D eigenvalue weighted by atomic mass is 10.2. The monoisotopic (exact) mass is 257 g/mol. The molecule has 1 fully saturated rings. The molecule has 5 heteroatoms. The average Bonchev–Trinajstić information content (AvgIpc) is 2.24. The minimum atomic E-state index is -0.494. The average molecular weight is 257 g/mol. The van der Waals surface area contributed by atoms with E-state index in [4.69, 9.17) is 9.47 Å². The Kier molecular flexibility index (Phi) is 5.14. The molecule has 1 rings (SSSR count). The van der Waals surface area contributed by atoms with E-state index in [-0.39, 0.29) is 30.8 Å². The Morgan fingerprint density at radius 2 is 2.00 bits per heavy atom. The van der Waals surface area contributed by atoms with Crippen molar-refractivity contribution >= 4 is 11.9 Å². The van der Waals surface area contributed by atoms with Gasteiger partial charge in [0.1, 0.15) is 5.60 Å². The van der Waals surface area contributed by atoms with Crippen LogP contribution in [0.25, 0.3) is 0 Å². The van der Waals surface area contributed by atoms with E-state index in [0.29, 0.717) is 19.8 Å². The lowest BCUT2D eigenvalue weighted by molar-refractivity contribution is -0.157. The third-order valence-electron chi connectivity index (χ3n) is 2.65. The molecule has 0 saturated carbocycles. The van der Waals surface area contributed by atoms with Crippen molar-refractivity contribution in [3.05, 3.63) is 0 Å². The van der Waals surface area contributed by atoms with Crippen LogP contribution in [0.2, 0.25) is 0 Å². The molecule has 1 amide bonds. The molecule has 1 heterocycles. The molecule has 1 saturated heterocycles. The Labute approximate surface area is 108 Å².